The molecule has 4 nitrogen and oxygen atoms in total. The Morgan fingerprint density at radius 3 is 1.33 bits per heavy atom. The van der Waals surface area contributed by atoms with Gasteiger partial charge in [-0.15, -0.1) is 0 Å². The Balaban J connectivity index is 1.48. The highest BCUT2D eigenvalue weighted by atomic mass is 15.2. The highest BCUT2D eigenvalue weighted by Crippen LogP contribution is 2.52. The molecular formula is C47H36N4. The molecule has 0 aliphatic carbocycles. The van der Waals surface area contributed by atoms with E-state index in [1.54, 1.807) is 0 Å². The van der Waals surface area contributed by atoms with Gasteiger partial charge >= 0.3 is 0 Å². The van der Waals surface area contributed by atoms with Crippen LogP contribution in [0.5, 0.6) is 0 Å². The zero-order valence-electron chi connectivity index (χ0n) is 28.9. The molecule has 0 saturated heterocycles. The molecule has 0 N–H and O–H groups in total. The molecule has 7 aromatic carbocycles. The number of hydrogen-bond donors (Lipinski definition) is 0. The topological polar surface area (TPSA) is 32.3 Å². The monoisotopic (exact) mass is 656 g/mol. The van der Waals surface area contributed by atoms with E-state index in [0.717, 1.165) is 61.3 Å². The highest BCUT2D eigenvalue weighted by Gasteiger charge is 2.28. The van der Waals surface area contributed by atoms with Crippen LogP contribution in [0.4, 0.5) is 34.4 Å². The molecule has 4 heteroatoms. The average molecular weight is 657 g/mol. The minimum Gasteiger partial charge on any atom is -0.293 e. The summed E-state index contributed by atoms with van der Waals surface area (Å²) in [5.74, 6) is 1.72. The zero-order valence-corrected chi connectivity index (χ0v) is 28.9. The Kier molecular flexibility index (Phi) is 7.44. The van der Waals surface area contributed by atoms with E-state index in [-0.39, 0.29) is 0 Å². The fraction of sp³-hybridized carbons (Fsp3) is 0.0638. The molecule has 0 radical (unpaired) electrons. The van der Waals surface area contributed by atoms with Crippen LogP contribution in [0, 0.1) is 20.8 Å². The summed E-state index contributed by atoms with van der Waals surface area (Å²) in [5.41, 5.74) is 8.01. The molecule has 9 rings (SSSR count). The first kappa shape index (κ1) is 30.5. The van der Waals surface area contributed by atoms with Gasteiger partial charge in [0.25, 0.3) is 0 Å². The molecular weight excluding hydrogens is 621 g/mol. The van der Waals surface area contributed by atoms with Crippen LogP contribution in [0.2, 0.25) is 0 Å². The van der Waals surface area contributed by atoms with Crippen LogP contribution in [-0.4, -0.2) is 9.97 Å². The molecule has 9 aromatic rings. The van der Waals surface area contributed by atoms with Crippen LogP contribution in [-0.2, 0) is 0 Å². The van der Waals surface area contributed by atoms with E-state index >= 15 is 0 Å². The fourth-order valence-electron chi connectivity index (χ4n) is 7.54. The van der Waals surface area contributed by atoms with E-state index in [9.17, 15) is 0 Å². The molecule has 2 heterocycles. The first-order chi connectivity index (χ1) is 25.1. The van der Waals surface area contributed by atoms with Crippen LogP contribution in [0.25, 0.3) is 43.1 Å². The third-order valence-corrected chi connectivity index (χ3v) is 10.0. The molecule has 0 bridgehead atoms. The van der Waals surface area contributed by atoms with Gasteiger partial charge in [-0.3, -0.25) is 9.80 Å². The summed E-state index contributed by atoms with van der Waals surface area (Å²) in [7, 11) is 0. The maximum absolute atomic E-state index is 5.01. The fourth-order valence-corrected chi connectivity index (χ4v) is 7.54. The average Bonchev–Trinajstić information content (AvgIpc) is 3.17. The number of hydrogen-bond acceptors (Lipinski definition) is 4. The SMILES string of the molecule is Cc1ccc2c(N(c3ccccn3)c3cccc4ccccc34)c3cc(C)c(C)cc3c(N(c3ccccn3)c3cccc4ccccc34)c2c1. The lowest BCUT2D eigenvalue weighted by atomic mass is 9.92. The van der Waals surface area contributed by atoms with E-state index in [4.69, 9.17) is 9.97 Å². The molecule has 51 heavy (non-hydrogen) atoms. The Morgan fingerprint density at radius 1 is 0.373 bits per heavy atom. The van der Waals surface area contributed by atoms with Gasteiger partial charge in [0.15, 0.2) is 0 Å². The lowest BCUT2D eigenvalue weighted by Crippen LogP contribution is -2.16. The van der Waals surface area contributed by atoms with Gasteiger partial charge in [-0.25, -0.2) is 9.97 Å². The van der Waals surface area contributed by atoms with E-state index < -0.39 is 0 Å². The van der Waals surface area contributed by atoms with Crippen LogP contribution in [0.3, 0.4) is 0 Å². The lowest BCUT2D eigenvalue weighted by molar-refractivity contribution is 1.19. The number of rotatable bonds is 6. The van der Waals surface area contributed by atoms with Crippen molar-refractivity contribution in [1.82, 2.24) is 9.97 Å². The third kappa shape index (κ3) is 5.15. The van der Waals surface area contributed by atoms with Gasteiger partial charge in [0.2, 0.25) is 0 Å². The van der Waals surface area contributed by atoms with E-state index in [1.807, 2.05) is 24.5 Å². The van der Waals surface area contributed by atoms with Crippen molar-refractivity contribution in [3.05, 3.63) is 181 Å². The van der Waals surface area contributed by atoms with Crippen molar-refractivity contribution >= 4 is 77.5 Å². The molecule has 244 valence electrons. The molecule has 2 aromatic heterocycles. The van der Waals surface area contributed by atoms with E-state index in [0.29, 0.717) is 0 Å². The number of anilines is 6. The van der Waals surface area contributed by atoms with Crippen molar-refractivity contribution in [3.8, 4) is 0 Å². The number of benzene rings is 7. The largest absolute Gasteiger partial charge is 0.293 e. The first-order valence-corrected chi connectivity index (χ1v) is 17.4. The molecule has 0 aliphatic heterocycles. The summed E-state index contributed by atoms with van der Waals surface area (Å²) in [6.45, 7) is 6.60. The van der Waals surface area contributed by atoms with Crippen molar-refractivity contribution in [3.63, 3.8) is 0 Å². The smallest absolute Gasteiger partial charge is 0.137 e. The Hall–Kier alpha value is -6.52. The number of aryl methyl sites for hydroxylation is 3. The predicted molar refractivity (Wildman–Crippen MR) is 216 cm³/mol. The van der Waals surface area contributed by atoms with Gasteiger partial charge < -0.3 is 0 Å². The normalized spacial score (nSPS) is 11.4. The van der Waals surface area contributed by atoms with Crippen molar-refractivity contribution in [2.45, 2.75) is 20.8 Å². The second-order valence-corrected chi connectivity index (χ2v) is 13.3. The quantitative estimate of drug-likeness (QED) is 0.132. The minimum absolute atomic E-state index is 0.860. The molecule has 0 saturated carbocycles. The van der Waals surface area contributed by atoms with Crippen LogP contribution >= 0.6 is 0 Å². The number of fused-ring (bicyclic) bond motifs is 4. The van der Waals surface area contributed by atoms with Gasteiger partial charge in [0.05, 0.1) is 22.7 Å². The Labute approximate surface area is 297 Å². The Bertz CT molecular complexity index is 2730. The van der Waals surface area contributed by atoms with Gasteiger partial charge in [-0.05, 0) is 97.3 Å². The highest BCUT2D eigenvalue weighted by molar-refractivity contribution is 6.24. The third-order valence-electron chi connectivity index (χ3n) is 10.0. The van der Waals surface area contributed by atoms with E-state index in [2.05, 4.69) is 170 Å². The Morgan fingerprint density at radius 2 is 0.824 bits per heavy atom. The molecule has 0 fully saturated rings. The van der Waals surface area contributed by atoms with Crippen LogP contribution < -0.4 is 9.80 Å². The van der Waals surface area contributed by atoms with Crippen molar-refractivity contribution in [2.24, 2.45) is 0 Å². The van der Waals surface area contributed by atoms with Gasteiger partial charge in [0, 0.05) is 44.7 Å². The minimum atomic E-state index is 0.860. The number of aromatic nitrogens is 2. The summed E-state index contributed by atoms with van der Waals surface area (Å²) in [5, 5.41) is 9.25. The second kappa shape index (κ2) is 12.4. The van der Waals surface area contributed by atoms with Gasteiger partial charge in [0.1, 0.15) is 11.6 Å². The van der Waals surface area contributed by atoms with Crippen LogP contribution in [0.15, 0.2) is 164 Å². The predicted octanol–water partition coefficient (Wildman–Crippen LogP) is 13.0. The van der Waals surface area contributed by atoms with E-state index in [1.165, 1.54) is 32.8 Å². The van der Waals surface area contributed by atoms with Crippen LogP contribution in [0.1, 0.15) is 16.7 Å². The summed E-state index contributed by atoms with van der Waals surface area (Å²) >= 11 is 0. The van der Waals surface area contributed by atoms with Gasteiger partial charge in [-0.2, -0.15) is 0 Å². The van der Waals surface area contributed by atoms with Crippen molar-refractivity contribution in [2.75, 3.05) is 9.80 Å². The summed E-state index contributed by atoms with van der Waals surface area (Å²) < 4.78 is 0. The van der Waals surface area contributed by atoms with Crippen molar-refractivity contribution < 1.29 is 0 Å². The standard InChI is InChI=1S/C47H36N4/c1-31-24-25-38-39(28-31)47(51(45-23-9-11-27-49-45)43-21-13-17-35-15-5-7-19-37(35)43)41-30-33(3)32(2)29-40(41)46(38)50(44-22-8-10-26-48-44)42-20-12-16-34-14-4-6-18-36(34)42/h4-30H,1-3H3. The van der Waals surface area contributed by atoms with Gasteiger partial charge in [-0.1, -0.05) is 103 Å². The summed E-state index contributed by atoms with van der Waals surface area (Å²) in [6.07, 6.45) is 3.77. The molecule has 0 amide bonds. The maximum Gasteiger partial charge on any atom is 0.137 e. The molecule has 0 unspecified atom stereocenters. The lowest BCUT2D eigenvalue weighted by Gasteiger charge is -2.33. The summed E-state index contributed by atoms with van der Waals surface area (Å²) in [4.78, 5) is 14.7. The second-order valence-electron chi connectivity index (χ2n) is 13.3. The number of pyridine rings is 2. The van der Waals surface area contributed by atoms with Crippen molar-refractivity contribution in [1.29, 1.82) is 0 Å². The molecule has 0 spiro atoms. The first-order valence-electron chi connectivity index (χ1n) is 17.4. The molecule has 0 aliphatic rings. The maximum atomic E-state index is 5.01. The number of nitrogens with zero attached hydrogens (tertiary/aromatic N) is 4. The zero-order chi connectivity index (χ0) is 34.5. The molecule has 0 atom stereocenters. The summed E-state index contributed by atoms with van der Waals surface area (Å²) in [6, 6.07) is 54.2.